The summed E-state index contributed by atoms with van der Waals surface area (Å²) >= 11 is 5.17. The Morgan fingerprint density at radius 1 is 1.40 bits per heavy atom. The topological polar surface area (TPSA) is 0 Å². The molecule has 0 aromatic rings. The first kappa shape index (κ1) is 14.3. The van der Waals surface area contributed by atoms with E-state index in [-0.39, 0.29) is 0 Å². The zero-order valence-electron chi connectivity index (χ0n) is 10.3. The van der Waals surface area contributed by atoms with E-state index in [0.717, 1.165) is 23.3 Å². The Kier molecular flexibility index (Phi) is 7.23. The van der Waals surface area contributed by atoms with Gasteiger partial charge in [0.05, 0.1) is 0 Å². The molecule has 0 fully saturated rings. The van der Waals surface area contributed by atoms with E-state index in [1.165, 1.54) is 5.57 Å². The fourth-order valence-electron chi connectivity index (χ4n) is 1.23. The molecular weight excluding hydrogens is 200 g/mol. The first-order valence-corrected chi connectivity index (χ1v) is 5.88. The third-order valence-corrected chi connectivity index (χ3v) is 2.98. The van der Waals surface area contributed by atoms with Crippen LogP contribution in [-0.2, 0) is 0 Å². The van der Waals surface area contributed by atoms with Crippen molar-refractivity contribution in [1.82, 2.24) is 0 Å². The van der Waals surface area contributed by atoms with Crippen molar-refractivity contribution in [2.75, 3.05) is 0 Å². The third-order valence-electron chi connectivity index (χ3n) is 2.58. The van der Waals surface area contributed by atoms with E-state index in [9.17, 15) is 0 Å². The van der Waals surface area contributed by atoms with Gasteiger partial charge in [-0.05, 0) is 50.0 Å². The highest BCUT2D eigenvalue weighted by Crippen LogP contribution is 2.18. The third kappa shape index (κ3) is 6.40. The molecule has 0 saturated carbocycles. The molecule has 0 aliphatic carbocycles. The van der Waals surface area contributed by atoms with E-state index < -0.39 is 0 Å². The molecule has 0 aliphatic rings. The monoisotopic (exact) mass is 222 g/mol. The van der Waals surface area contributed by atoms with Gasteiger partial charge in [0.2, 0.25) is 0 Å². The highest BCUT2D eigenvalue weighted by atomic mass is 32.1. The molecule has 0 N–H and O–H groups in total. The molecule has 0 aromatic carbocycles. The second-order valence-corrected chi connectivity index (χ2v) is 4.69. The van der Waals surface area contributed by atoms with E-state index in [0.29, 0.717) is 5.92 Å². The zero-order valence-corrected chi connectivity index (χ0v) is 11.2. The van der Waals surface area contributed by atoms with Crippen LogP contribution in [0.1, 0.15) is 40.5 Å². The largest absolute Gasteiger partial charge is 0.0958 e. The van der Waals surface area contributed by atoms with Gasteiger partial charge in [0.15, 0.2) is 0 Å². The van der Waals surface area contributed by atoms with Crippen LogP contribution in [0.3, 0.4) is 0 Å². The van der Waals surface area contributed by atoms with Crippen molar-refractivity contribution in [2.45, 2.75) is 40.5 Å². The average molecular weight is 222 g/mol. The number of thiocarbonyl (C=S) groups is 1. The number of allylic oxidation sites excluding steroid dienone is 5. The van der Waals surface area contributed by atoms with Crippen molar-refractivity contribution in [3.63, 3.8) is 0 Å². The molecule has 0 spiro atoms. The summed E-state index contributed by atoms with van der Waals surface area (Å²) in [6.07, 6.45) is 8.43. The number of rotatable bonds is 6. The minimum Gasteiger partial charge on any atom is -0.0958 e. The van der Waals surface area contributed by atoms with Gasteiger partial charge >= 0.3 is 0 Å². The minimum absolute atomic E-state index is 0.522. The predicted octanol–water partition coefficient (Wildman–Crippen LogP) is 4.87. The SMILES string of the molecule is C=C(C)/C(=C\C=C/C)CCC(C)C(C)=S. The van der Waals surface area contributed by atoms with Gasteiger partial charge in [-0.15, -0.1) is 0 Å². The Bertz CT molecular complexity index is 282. The van der Waals surface area contributed by atoms with Crippen LogP contribution >= 0.6 is 12.2 Å². The van der Waals surface area contributed by atoms with Gasteiger partial charge in [0.25, 0.3) is 0 Å². The highest BCUT2D eigenvalue weighted by molar-refractivity contribution is 7.80. The van der Waals surface area contributed by atoms with Crippen molar-refractivity contribution < 1.29 is 0 Å². The molecule has 1 atom stereocenters. The van der Waals surface area contributed by atoms with Crippen LogP contribution in [0.2, 0.25) is 0 Å². The fourth-order valence-corrected chi connectivity index (χ4v) is 1.34. The highest BCUT2D eigenvalue weighted by Gasteiger charge is 2.05. The van der Waals surface area contributed by atoms with Crippen LogP contribution in [0.25, 0.3) is 0 Å². The lowest BCUT2D eigenvalue weighted by molar-refractivity contribution is 0.686. The Morgan fingerprint density at radius 3 is 2.40 bits per heavy atom. The molecule has 1 unspecified atom stereocenters. The van der Waals surface area contributed by atoms with Gasteiger partial charge in [0, 0.05) is 0 Å². The maximum absolute atomic E-state index is 5.17. The molecule has 1 heteroatoms. The van der Waals surface area contributed by atoms with Crippen molar-refractivity contribution >= 4 is 17.1 Å². The molecule has 0 radical (unpaired) electrons. The van der Waals surface area contributed by atoms with E-state index in [1.54, 1.807) is 0 Å². The number of hydrogen-bond acceptors (Lipinski definition) is 1. The van der Waals surface area contributed by atoms with E-state index >= 15 is 0 Å². The van der Waals surface area contributed by atoms with E-state index in [2.05, 4.69) is 32.6 Å². The van der Waals surface area contributed by atoms with Crippen molar-refractivity contribution in [3.05, 3.63) is 36.0 Å². The first-order chi connectivity index (χ1) is 6.99. The lowest BCUT2D eigenvalue weighted by atomic mass is 9.95. The summed E-state index contributed by atoms with van der Waals surface area (Å²) in [6.45, 7) is 12.3. The average Bonchev–Trinajstić information content (AvgIpc) is 2.16. The summed E-state index contributed by atoms with van der Waals surface area (Å²) in [5.74, 6) is 0.522. The Balaban J connectivity index is 4.32. The standard InChI is InChI=1S/C14H22S/c1-6-7-8-14(11(2)3)10-9-12(4)13(5)15/h6-8,12H,2,9-10H2,1,3-5H3/b7-6-,14-8-. The van der Waals surface area contributed by atoms with Gasteiger partial charge in [-0.2, -0.15) is 0 Å². The maximum atomic E-state index is 5.17. The molecule has 0 nitrogen and oxygen atoms in total. The van der Waals surface area contributed by atoms with Gasteiger partial charge in [-0.3, -0.25) is 0 Å². The van der Waals surface area contributed by atoms with Crippen LogP contribution in [0, 0.1) is 5.92 Å². The molecule has 84 valence electrons. The first-order valence-electron chi connectivity index (χ1n) is 5.47. The maximum Gasteiger partial charge on any atom is -0.00742 e. The molecular formula is C14H22S. The van der Waals surface area contributed by atoms with Gasteiger partial charge in [0.1, 0.15) is 0 Å². The molecule has 0 heterocycles. The van der Waals surface area contributed by atoms with Crippen molar-refractivity contribution in [2.24, 2.45) is 5.92 Å². The fraction of sp³-hybridized carbons (Fsp3) is 0.500. The van der Waals surface area contributed by atoms with Crippen molar-refractivity contribution in [3.8, 4) is 0 Å². The second kappa shape index (κ2) is 7.58. The van der Waals surface area contributed by atoms with Gasteiger partial charge < -0.3 is 0 Å². The Morgan fingerprint density at radius 2 is 2.00 bits per heavy atom. The summed E-state index contributed by atoms with van der Waals surface area (Å²) in [6, 6.07) is 0. The summed E-state index contributed by atoms with van der Waals surface area (Å²) in [4.78, 5) is 1.10. The van der Waals surface area contributed by atoms with Crippen LogP contribution < -0.4 is 0 Å². The summed E-state index contributed by atoms with van der Waals surface area (Å²) in [5, 5.41) is 0. The van der Waals surface area contributed by atoms with E-state index in [1.807, 2.05) is 19.9 Å². The van der Waals surface area contributed by atoms with Crippen LogP contribution in [0.4, 0.5) is 0 Å². The number of hydrogen-bond donors (Lipinski definition) is 0. The molecule has 0 saturated heterocycles. The van der Waals surface area contributed by atoms with Crippen LogP contribution in [-0.4, -0.2) is 4.86 Å². The summed E-state index contributed by atoms with van der Waals surface area (Å²) in [5.41, 5.74) is 2.48. The minimum atomic E-state index is 0.522. The summed E-state index contributed by atoms with van der Waals surface area (Å²) < 4.78 is 0. The lowest BCUT2D eigenvalue weighted by Crippen LogP contribution is -2.04. The second-order valence-electron chi connectivity index (χ2n) is 4.05. The van der Waals surface area contributed by atoms with Crippen LogP contribution in [0.15, 0.2) is 36.0 Å². The normalized spacial score (nSPS) is 14.3. The molecule has 0 bridgehead atoms. The Hall–Kier alpha value is -0.690. The summed E-state index contributed by atoms with van der Waals surface area (Å²) in [7, 11) is 0. The van der Waals surface area contributed by atoms with Crippen LogP contribution in [0.5, 0.6) is 0 Å². The smallest absolute Gasteiger partial charge is 0.00742 e. The van der Waals surface area contributed by atoms with Crippen molar-refractivity contribution in [1.29, 1.82) is 0 Å². The molecule has 0 amide bonds. The lowest BCUT2D eigenvalue weighted by Gasteiger charge is -2.11. The molecule has 15 heavy (non-hydrogen) atoms. The van der Waals surface area contributed by atoms with E-state index in [4.69, 9.17) is 12.2 Å². The molecule has 0 rings (SSSR count). The quantitative estimate of drug-likeness (QED) is 0.456. The van der Waals surface area contributed by atoms with Gasteiger partial charge in [-0.1, -0.05) is 49.5 Å². The Labute approximate surface area is 99.8 Å². The van der Waals surface area contributed by atoms with Gasteiger partial charge in [-0.25, -0.2) is 0 Å². The molecule has 0 aliphatic heterocycles. The zero-order chi connectivity index (χ0) is 11.8. The molecule has 0 aromatic heterocycles. The predicted molar refractivity (Wildman–Crippen MR) is 74.4 cm³/mol.